The fourth-order valence-corrected chi connectivity index (χ4v) is 2.18. The number of rotatable bonds is 4. The van der Waals surface area contributed by atoms with Gasteiger partial charge in [0.2, 0.25) is 0 Å². The summed E-state index contributed by atoms with van der Waals surface area (Å²) in [4.78, 5) is 10.8. The molecule has 0 unspecified atom stereocenters. The molecule has 6 heteroatoms. The Hall–Kier alpha value is -2.60. The van der Waals surface area contributed by atoms with Crippen molar-refractivity contribution in [1.29, 1.82) is 0 Å². The summed E-state index contributed by atoms with van der Waals surface area (Å²) in [5.41, 5.74) is 1.45. The maximum atomic E-state index is 10.8. The van der Waals surface area contributed by atoms with Crippen molar-refractivity contribution in [3.05, 3.63) is 64.8 Å². The average molecular weight is 359 g/mol. The predicted molar refractivity (Wildman–Crippen MR) is 85.2 cm³/mol. The average Bonchev–Trinajstić information content (AvgIpc) is 3.00. The van der Waals surface area contributed by atoms with Crippen LogP contribution in [0.2, 0.25) is 0 Å². The van der Waals surface area contributed by atoms with Crippen molar-refractivity contribution < 1.29 is 14.6 Å². The predicted octanol–water partition coefficient (Wildman–Crippen LogP) is 4.33. The minimum Gasteiger partial charge on any atom is -0.477 e. The molecule has 2 N–H and O–H groups in total. The van der Waals surface area contributed by atoms with E-state index >= 15 is 0 Å². The first-order valence-electron chi connectivity index (χ1n) is 6.44. The van der Waals surface area contributed by atoms with E-state index in [9.17, 15) is 4.79 Å². The van der Waals surface area contributed by atoms with E-state index < -0.39 is 5.97 Å². The van der Waals surface area contributed by atoms with Crippen LogP contribution in [0.15, 0.2) is 59.1 Å². The van der Waals surface area contributed by atoms with Crippen LogP contribution in [0.3, 0.4) is 0 Å². The maximum Gasteiger partial charge on any atom is 0.353 e. The Balaban J connectivity index is 1.77. The second-order valence-corrected chi connectivity index (χ2v) is 5.47. The lowest BCUT2D eigenvalue weighted by molar-refractivity contribution is 0.0690. The summed E-state index contributed by atoms with van der Waals surface area (Å²) < 4.78 is 6.71. The Labute approximate surface area is 134 Å². The van der Waals surface area contributed by atoms with Crippen molar-refractivity contribution >= 4 is 21.9 Å². The number of hydrogen-bond acceptors (Lipinski definition) is 3. The molecule has 0 saturated heterocycles. The fourth-order valence-electron chi connectivity index (χ4n) is 1.91. The SMILES string of the molecule is O=C(O)c1cc(-c2ccc(Oc3ccc(Br)cc3)cc2)n[nH]1. The van der Waals surface area contributed by atoms with Gasteiger partial charge in [-0.1, -0.05) is 15.9 Å². The highest BCUT2D eigenvalue weighted by Gasteiger charge is 2.09. The van der Waals surface area contributed by atoms with Gasteiger partial charge in [0, 0.05) is 10.0 Å². The third-order valence-electron chi connectivity index (χ3n) is 3.01. The van der Waals surface area contributed by atoms with Gasteiger partial charge in [-0.25, -0.2) is 4.79 Å². The van der Waals surface area contributed by atoms with Gasteiger partial charge < -0.3 is 9.84 Å². The van der Waals surface area contributed by atoms with E-state index in [0.717, 1.165) is 15.8 Å². The van der Waals surface area contributed by atoms with Crippen LogP contribution in [0.25, 0.3) is 11.3 Å². The smallest absolute Gasteiger partial charge is 0.353 e. The van der Waals surface area contributed by atoms with E-state index in [1.54, 1.807) is 0 Å². The van der Waals surface area contributed by atoms with E-state index in [2.05, 4.69) is 26.1 Å². The minimum absolute atomic E-state index is 0.0604. The number of nitrogens with zero attached hydrogens (tertiary/aromatic N) is 1. The molecule has 5 nitrogen and oxygen atoms in total. The molecule has 0 aliphatic heterocycles. The monoisotopic (exact) mass is 358 g/mol. The molecule has 2 aromatic carbocycles. The molecule has 0 aliphatic carbocycles. The zero-order valence-electron chi connectivity index (χ0n) is 11.3. The van der Waals surface area contributed by atoms with Crippen LogP contribution >= 0.6 is 15.9 Å². The minimum atomic E-state index is -1.03. The van der Waals surface area contributed by atoms with Crippen LogP contribution in [0, 0.1) is 0 Å². The number of hydrogen-bond donors (Lipinski definition) is 2. The van der Waals surface area contributed by atoms with Crippen LogP contribution in [0.1, 0.15) is 10.5 Å². The summed E-state index contributed by atoms with van der Waals surface area (Å²) in [6.07, 6.45) is 0. The molecule has 0 spiro atoms. The summed E-state index contributed by atoms with van der Waals surface area (Å²) in [5.74, 6) is 0.401. The van der Waals surface area contributed by atoms with Crippen molar-refractivity contribution in [1.82, 2.24) is 10.2 Å². The molecule has 0 radical (unpaired) electrons. The Morgan fingerprint density at radius 2 is 1.64 bits per heavy atom. The third kappa shape index (κ3) is 3.17. The topological polar surface area (TPSA) is 75.2 Å². The van der Waals surface area contributed by atoms with Gasteiger partial charge in [-0.2, -0.15) is 5.10 Å². The van der Waals surface area contributed by atoms with Gasteiger partial charge in [-0.3, -0.25) is 5.10 Å². The Morgan fingerprint density at radius 1 is 1.05 bits per heavy atom. The summed E-state index contributed by atoms with van der Waals surface area (Å²) in [5, 5.41) is 15.3. The van der Waals surface area contributed by atoms with Gasteiger partial charge in [-0.15, -0.1) is 0 Å². The highest BCUT2D eigenvalue weighted by atomic mass is 79.9. The zero-order valence-corrected chi connectivity index (χ0v) is 12.9. The zero-order chi connectivity index (χ0) is 15.5. The molecule has 3 aromatic rings. The number of carboxylic acids is 1. The standard InChI is InChI=1S/C16H11BrN2O3/c17-11-3-7-13(8-4-11)22-12-5-1-10(2-6-12)14-9-15(16(20)21)19-18-14/h1-9H,(H,18,19)(H,20,21). The quantitative estimate of drug-likeness (QED) is 0.727. The van der Waals surface area contributed by atoms with Gasteiger partial charge in [0.1, 0.15) is 17.2 Å². The number of nitrogens with one attached hydrogen (secondary N) is 1. The van der Waals surface area contributed by atoms with Crippen LogP contribution in [0.5, 0.6) is 11.5 Å². The molecular weight excluding hydrogens is 348 g/mol. The first kappa shape index (κ1) is 14.3. The molecule has 3 rings (SSSR count). The first-order chi connectivity index (χ1) is 10.6. The van der Waals surface area contributed by atoms with Crippen molar-refractivity contribution in [3.8, 4) is 22.8 Å². The maximum absolute atomic E-state index is 10.8. The summed E-state index contributed by atoms with van der Waals surface area (Å²) in [6, 6.07) is 16.3. The molecule has 0 fully saturated rings. The van der Waals surface area contributed by atoms with Gasteiger partial charge in [-0.05, 0) is 54.6 Å². The van der Waals surface area contributed by atoms with E-state index in [1.807, 2.05) is 48.5 Å². The molecule has 0 saturated carbocycles. The lowest BCUT2D eigenvalue weighted by atomic mass is 10.1. The van der Waals surface area contributed by atoms with Crippen LogP contribution in [-0.2, 0) is 0 Å². The number of benzene rings is 2. The molecule has 110 valence electrons. The van der Waals surface area contributed by atoms with Gasteiger partial charge in [0.15, 0.2) is 0 Å². The molecule has 0 amide bonds. The second kappa shape index (κ2) is 6.03. The highest BCUT2D eigenvalue weighted by molar-refractivity contribution is 9.10. The van der Waals surface area contributed by atoms with Crippen LogP contribution in [0.4, 0.5) is 0 Å². The first-order valence-corrected chi connectivity index (χ1v) is 7.24. The fraction of sp³-hybridized carbons (Fsp3) is 0. The molecule has 0 atom stereocenters. The van der Waals surface area contributed by atoms with Crippen molar-refractivity contribution in [2.24, 2.45) is 0 Å². The van der Waals surface area contributed by atoms with Gasteiger partial charge >= 0.3 is 5.97 Å². The van der Waals surface area contributed by atoms with Gasteiger partial charge in [0.25, 0.3) is 0 Å². The number of H-pyrrole nitrogens is 1. The summed E-state index contributed by atoms with van der Waals surface area (Å²) in [6.45, 7) is 0. The van der Waals surface area contributed by atoms with Crippen molar-refractivity contribution in [3.63, 3.8) is 0 Å². The van der Waals surface area contributed by atoms with Crippen molar-refractivity contribution in [2.75, 3.05) is 0 Å². The van der Waals surface area contributed by atoms with Crippen LogP contribution < -0.4 is 4.74 Å². The lowest BCUT2D eigenvalue weighted by Gasteiger charge is -2.06. The molecular formula is C16H11BrN2O3. The van der Waals surface area contributed by atoms with E-state index in [-0.39, 0.29) is 5.69 Å². The highest BCUT2D eigenvalue weighted by Crippen LogP contribution is 2.26. The molecule has 1 heterocycles. The van der Waals surface area contributed by atoms with E-state index in [1.165, 1.54) is 6.07 Å². The Kier molecular flexibility index (Phi) is 3.93. The molecule has 0 aliphatic rings. The number of aromatic carboxylic acids is 1. The second-order valence-electron chi connectivity index (χ2n) is 4.55. The largest absolute Gasteiger partial charge is 0.477 e. The lowest BCUT2D eigenvalue weighted by Crippen LogP contribution is -1.95. The summed E-state index contributed by atoms with van der Waals surface area (Å²) in [7, 11) is 0. The molecule has 1 aromatic heterocycles. The Morgan fingerprint density at radius 3 is 2.18 bits per heavy atom. The third-order valence-corrected chi connectivity index (χ3v) is 3.54. The summed E-state index contributed by atoms with van der Waals surface area (Å²) >= 11 is 3.37. The molecule has 0 bridgehead atoms. The Bertz CT molecular complexity index is 795. The van der Waals surface area contributed by atoms with Gasteiger partial charge in [0.05, 0.1) is 5.69 Å². The number of carboxylic acid groups (broad SMARTS) is 1. The van der Waals surface area contributed by atoms with Crippen LogP contribution in [-0.4, -0.2) is 21.3 Å². The van der Waals surface area contributed by atoms with Crippen molar-refractivity contribution in [2.45, 2.75) is 0 Å². The number of carbonyl (C=O) groups is 1. The number of ether oxygens (including phenoxy) is 1. The van der Waals surface area contributed by atoms with E-state index in [4.69, 9.17) is 9.84 Å². The number of halogens is 1. The molecule has 22 heavy (non-hydrogen) atoms. The number of aromatic amines is 1. The van der Waals surface area contributed by atoms with E-state index in [0.29, 0.717) is 11.4 Å². The number of aromatic nitrogens is 2. The normalized spacial score (nSPS) is 10.4.